The highest BCUT2D eigenvalue weighted by Gasteiger charge is 2.44. The minimum Gasteiger partial charge on any atom is -0.488 e. The second-order valence-electron chi connectivity index (χ2n) is 11.8. The summed E-state index contributed by atoms with van der Waals surface area (Å²) in [5.41, 5.74) is 2.46. The summed E-state index contributed by atoms with van der Waals surface area (Å²) >= 11 is 0. The van der Waals surface area contributed by atoms with Crippen LogP contribution in [0.15, 0.2) is 18.2 Å². The Morgan fingerprint density at radius 3 is 2.56 bits per heavy atom. The molecule has 0 amide bonds. The van der Waals surface area contributed by atoms with Gasteiger partial charge in [-0.25, -0.2) is 0 Å². The molecule has 0 aromatic heterocycles. The average molecular weight is 477 g/mol. The topological polar surface area (TPSA) is 79.2 Å². The lowest BCUT2D eigenvalue weighted by Gasteiger charge is -2.33. The van der Waals surface area contributed by atoms with E-state index < -0.39 is 6.29 Å². The number of ether oxygens (including phenoxy) is 2. The zero-order valence-corrected chi connectivity index (χ0v) is 22.0. The zero-order valence-electron chi connectivity index (χ0n) is 22.0. The Morgan fingerprint density at radius 2 is 1.85 bits per heavy atom. The van der Waals surface area contributed by atoms with Crippen molar-refractivity contribution in [2.24, 2.45) is 23.2 Å². The van der Waals surface area contributed by atoms with Crippen molar-refractivity contribution in [3.63, 3.8) is 0 Å². The normalized spacial score (nSPS) is 27.1. The fraction of sp³-hybridized carbons (Fsp3) is 0.793. The van der Waals surface area contributed by atoms with Gasteiger partial charge in [0.15, 0.2) is 6.29 Å². The summed E-state index contributed by atoms with van der Waals surface area (Å²) in [6.45, 7) is 10.5. The standard InChI is InChI=1S/C29H48O5/c1-6-7-8-11-22(30)13-14-23-24-15-20-10-9-12-27(25(20)16-21(24)17-26(23)31)33-18-28(32)34-19(2)29(3,4)5/h9-10,12,19,21-24,26,28,30-32H,6-8,11,13-18H2,1-5H3/t19-,21+,22-,23-,24+,26-,28?/m1/s1. The molecular weight excluding hydrogens is 428 g/mol. The molecule has 1 saturated carbocycles. The Morgan fingerprint density at radius 1 is 1.09 bits per heavy atom. The molecule has 0 saturated heterocycles. The van der Waals surface area contributed by atoms with Crippen molar-refractivity contribution in [1.29, 1.82) is 0 Å². The fourth-order valence-electron chi connectivity index (χ4n) is 5.74. The van der Waals surface area contributed by atoms with Crippen molar-refractivity contribution in [3.8, 4) is 5.75 Å². The molecule has 3 N–H and O–H groups in total. The van der Waals surface area contributed by atoms with Gasteiger partial charge in [0.2, 0.25) is 0 Å². The van der Waals surface area contributed by atoms with Crippen LogP contribution in [0, 0.1) is 23.2 Å². The van der Waals surface area contributed by atoms with Gasteiger partial charge in [0.05, 0.1) is 18.3 Å². The Hall–Kier alpha value is -1.14. The van der Waals surface area contributed by atoms with Gasteiger partial charge >= 0.3 is 0 Å². The second kappa shape index (κ2) is 12.2. The maximum atomic E-state index is 10.9. The third-order valence-electron chi connectivity index (χ3n) is 8.28. The lowest BCUT2D eigenvalue weighted by molar-refractivity contribution is -0.170. The molecule has 194 valence electrons. The Balaban J connectivity index is 1.58. The van der Waals surface area contributed by atoms with Gasteiger partial charge in [-0.2, -0.15) is 0 Å². The molecule has 1 aromatic rings. The number of aliphatic hydroxyl groups is 3. The third-order valence-corrected chi connectivity index (χ3v) is 8.28. The first-order valence-electron chi connectivity index (χ1n) is 13.5. The predicted octanol–water partition coefficient (Wildman–Crippen LogP) is 5.27. The molecule has 1 unspecified atom stereocenters. The SMILES string of the molecule is CCCCC[C@@H](O)CC[C@@H]1[C@H]2Cc3cccc(OCC(O)O[C@H](C)C(C)(C)C)c3C[C@H]2C[C@H]1O. The van der Waals surface area contributed by atoms with E-state index in [-0.39, 0.29) is 36.3 Å². The van der Waals surface area contributed by atoms with E-state index in [2.05, 4.69) is 33.8 Å². The largest absolute Gasteiger partial charge is 0.488 e. The van der Waals surface area contributed by atoms with E-state index in [4.69, 9.17) is 9.47 Å². The molecule has 7 atom stereocenters. The van der Waals surface area contributed by atoms with Crippen LogP contribution in [0.4, 0.5) is 0 Å². The van der Waals surface area contributed by atoms with Crippen LogP contribution in [-0.2, 0) is 17.6 Å². The summed E-state index contributed by atoms with van der Waals surface area (Å²) in [4.78, 5) is 0. The minimum absolute atomic E-state index is 0.0483. The molecule has 5 nitrogen and oxygen atoms in total. The number of hydrogen-bond acceptors (Lipinski definition) is 5. The quantitative estimate of drug-likeness (QED) is 0.283. The zero-order chi connectivity index (χ0) is 24.9. The van der Waals surface area contributed by atoms with Crippen molar-refractivity contribution < 1.29 is 24.8 Å². The highest BCUT2D eigenvalue weighted by atomic mass is 16.6. The molecule has 0 spiro atoms. The summed E-state index contributed by atoms with van der Waals surface area (Å²) in [5.74, 6) is 1.99. The molecule has 1 fully saturated rings. The van der Waals surface area contributed by atoms with Crippen molar-refractivity contribution in [3.05, 3.63) is 29.3 Å². The Labute approximate surface area is 206 Å². The molecule has 1 aromatic carbocycles. The molecule has 3 rings (SSSR count). The summed E-state index contributed by atoms with van der Waals surface area (Å²) < 4.78 is 11.8. The van der Waals surface area contributed by atoms with E-state index in [1.165, 1.54) is 24.0 Å². The van der Waals surface area contributed by atoms with Gasteiger partial charge < -0.3 is 24.8 Å². The van der Waals surface area contributed by atoms with Crippen LogP contribution in [0.25, 0.3) is 0 Å². The van der Waals surface area contributed by atoms with Crippen molar-refractivity contribution in [2.45, 2.75) is 117 Å². The first kappa shape index (κ1) is 27.4. The number of unbranched alkanes of at least 4 members (excludes halogenated alkanes) is 2. The van der Waals surface area contributed by atoms with Crippen LogP contribution in [0.1, 0.15) is 90.7 Å². The van der Waals surface area contributed by atoms with E-state index in [1.807, 2.05) is 19.1 Å². The van der Waals surface area contributed by atoms with E-state index in [9.17, 15) is 15.3 Å². The first-order chi connectivity index (χ1) is 16.1. The molecule has 0 heterocycles. The lowest BCUT2D eigenvalue weighted by Crippen LogP contribution is -2.33. The fourth-order valence-corrected chi connectivity index (χ4v) is 5.74. The highest BCUT2D eigenvalue weighted by molar-refractivity contribution is 5.43. The highest BCUT2D eigenvalue weighted by Crippen LogP contribution is 2.48. The van der Waals surface area contributed by atoms with Crippen LogP contribution in [-0.4, -0.2) is 46.5 Å². The minimum atomic E-state index is -0.970. The van der Waals surface area contributed by atoms with Crippen molar-refractivity contribution in [2.75, 3.05) is 6.61 Å². The average Bonchev–Trinajstić information content (AvgIpc) is 3.08. The maximum absolute atomic E-state index is 10.9. The van der Waals surface area contributed by atoms with E-state index in [1.54, 1.807) is 0 Å². The Bertz CT molecular complexity index is 757. The molecule has 34 heavy (non-hydrogen) atoms. The monoisotopic (exact) mass is 476 g/mol. The van der Waals surface area contributed by atoms with Gasteiger partial charge in [0, 0.05) is 0 Å². The van der Waals surface area contributed by atoms with Gasteiger partial charge in [-0.1, -0.05) is 59.1 Å². The maximum Gasteiger partial charge on any atom is 0.189 e. The van der Waals surface area contributed by atoms with Gasteiger partial charge in [0.25, 0.3) is 0 Å². The summed E-state index contributed by atoms with van der Waals surface area (Å²) in [5, 5.41) is 31.6. The number of fused-ring (bicyclic) bond motifs is 2. The third kappa shape index (κ3) is 7.19. The van der Waals surface area contributed by atoms with Crippen LogP contribution < -0.4 is 4.74 Å². The van der Waals surface area contributed by atoms with Crippen molar-refractivity contribution in [1.82, 2.24) is 0 Å². The molecule has 2 aliphatic carbocycles. The van der Waals surface area contributed by atoms with E-state index in [0.29, 0.717) is 11.8 Å². The van der Waals surface area contributed by atoms with Gasteiger partial charge in [-0.05, 0) is 85.8 Å². The first-order valence-corrected chi connectivity index (χ1v) is 13.5. The number of benzene rings is 1. The summed E-state index contributed by atoms with van der Waals surface area (Å²) in [6.07, 6.45) is 7.08. The van der Waals surface area contributed by atoms with Crippen LogP contribution in [0.3, 0.4) is 0 Å². The van der Waals surface area contributed by atoms with Crippen molar-refractivity contribution >= 4 is 0 Å². The lowest BCUT2D eigenvalue weighted by atomic mass is 9.73. The molecule has 0 aliphatic heterocycles. The number of aliphatic hydroxyl groups excluding tert-OH is 3. The predicted molar refractivity (Wildman–Crippen MR) is 136 cm³/mol. The molecule has 0 radical (unpaired) electrons. The Kier molecular flexibility index (Phi) is 9.85. The molecule has 0 bridgehead atoms. The number of hydrogen-bond donors (Lipinski definition) is 3. The number of rotatable bonds is 12. The van der Waals surface area contributed by atoms with Crippen LogP contribution in [0.2, 0.25) is 0 Å². The smallest absolute Gasteiger partial charge is 0.189 e. The molecule has 2 aliphatic rings. The van der Waals surface area contributed by atoms with E-state index in [0.717, 1.165) is 50.7 Å². The van der Waals surface area contributed by atoms with Crippen LogP contribution in [0.5, 0.6) is 5.75 Å². The van der Waals surface area contributed by atoms with Gasteiger partial charge in [0.1, 0.15) is 12.4 Å². The van der Waals surface area contributed by atoms with Gasteiger partial charge in [-0.3, -0.25) is 0 Å². The van der Waals surface area contributed by atoms with E-state index >= 15 is 0 Å². The van der Waals surface area contributed by atoms with Gasteiger partial charge in [-0.15, -0.1) is 0 Å². The molecule has 5 heteroatoms. The second-order valence-corrected chi connectivity index (χ2v) is 11.8. The van der Waals surface area contributed by atoms with Crippen LogP contribution >= 0.6 is 0 Å². The summed E-state index contributed by atoms with van der Waals surface area (Å²) in [7, 11) is 0. The molecular formula is C29H48O5. The summed E-state index contributed by atoms with van der Waals surface area (Å²) in [6, 6.07) is 6.18.